The molecule has 0 fully saturated rings. The first kappa shape index (κ1) is 12.5. The number of fused-ring (bicyclic) bond motifs is 2. The maximum atomic E-state index is 2.31. The molecule has 0 N–H and O–H groups in total. The van der Waals surface area contributed by atoms with Crippen molar-refractivity contribution in [3.05, 3.63) is 60.7 Å². The minimum absolute atomic E-state index is 0.667. The maximum absolute atomic E-state index is 2.31. The van der Waals surface area contributed by atoms with Gasteiger partial charge >= 0.3 is 0 Å². The van der Waals surface area contributed by atoms with Crippen molar-refractivity contribution in [3.8, 4) is 0 Å². The third-order valence-corrected chi connectivity index (χ3v) is 5.63. The average Bonchev–Trinajstić information content (AvgIpc) is 2.99. The van der Waals surface area contributed by atoms with Gasteiger partial charge in [-0.3, -0.25) is 0 Å². The Balaban J connectivity index is 1.83. The fraction of sp³-hybridized carbons (Fsp3) is 0.111. The molecule has 3 heteroatoms. The SMILES string of the molecule is Cn1c([Si]c2cc3ccccc3n2C)cc2ccccc21. The van der Waals surface area contributed by atoms with E-state index in [1.807, 2.05) is 0 Å². The minimum Gasteiger partial charge on any atom is -0.352 e. The molecule has 0 amide bonds. The van der Waals surface area contributed by atoms with Crippen LogP contribution in [0.4, 0.5) is 0 Å². The smallest absolute Gasteiger partial charge is 0.168 e. The molecular formula is C18H16N2Si. The lowest BCUT2D eigenvalue weighted by Gasteiger charge is -2.05. The van der Waals surface area contributed by atoms with E-state index >= 15 is 0 Å². The summed E-state index contributed by atoms with van der Waals surface area (Å²) in [6.07, 6.45) is 0. The van der Waals surface area contributed by atoms with Crippen molar-refractivity contribution >= 4 is 42.0 Å². The van der Waals surface area contributed by atoms with Gasteiger partial charge in [0.1, 0.15) is 0 Å². The van der Waals surface area contributed by atoms with Crippen LogP contribution in [0.2, 0.25) is 0 Å². The highest BCUT2D eigenvalue weighted by Gasteiger charge is 2.11. The summed E-state index contributed by atoms with van der Waals surface area (Å²) in [5.74, 6) is 0. The Labute approximate surface area is 126 Å². The molecule has 2 aromatic heterocycles. The Morgan fingerprint density at radius 3 is 1.52 bits per heavy atom. The molecule has 0 aliphatic rings. The van der Waals surface area contributed by atoms with Crippen LogP contribution in [0.25, 0.3) is 21.8 Å². The lowest BCUT2D eigenvalue weighted by atomic mass is 10.2. The van der Waals surface area contributed by atoms with E-state index in [1.165, 1.54) is 32.4 Å². The van der Waals surface area contributed by atoms with E-state index in [9.17, 15) is 0 Å². The van der Waals surface area contributed by atoms with Gasteiger partial charge in [0.15, 0.2) is 9.52 Å². The predicted molar refractivity (Wildman–Crippen MR) is 90.9 cm³/mol. The zero-order valence-electron chi connectivity index (χ0n) is 12.2. The van der Waals surface area contributed by atoms with Crippen molar-refractivity contribution < 1.29 is 0 Å². The van der Waals surface area contributed by atoms with Crippen molar-refractivity contribution in [2.75, 3.05) is 0 Å². The summed E-state index contributed by atoms with van der Waals surface area (Å²) >= 11 is 0. The summed E-state index contributed by atoms with van der Waals surface area (Å²) in [5, 5.41) is 5.40. The van der Waals surface area contributed by atoms with Gasteiger partial charge in [-0.25, -0.2) is 0 Å². The van der Waals surface area contributed by atoms with Gasteiger partial charge in [-0.1, -0.05) is 36.4 Å². The van der Waals surface area contributed by atoms with Crippen molar-refractivity contribution in [3.63, 3.8) is 0 Å². The molecule has 0 saturated carbocycles. The summed E-state index contributed by atoms with van der Waals surface area (Å²) in [6.45, 7) is 0. The molecule has 0 saturated heterocycles. The molecule has 0 aliphatic heterocycles. The predicted octanol–water partition coefficient (Wildman–Crippen LogP) is 2.32. The fourth-order valence-corrected chi connectivity index (χ4v) is 4.24. The molecule has 0 bridgehead atoms. The molecule has 2 aromatic carbocycles. The third-order valence-electron chi connectivity index (χ3n) is 4.16. The van der Waals surface area contributed by atoms with Gasteiger partial charge < -0.3 is 9.13 Å². The van der Waals surface area contributed by atoms with Gasteiger partial charge in [0.25, 0.3) is 0 Å². The van der Waals surface area contributed by atoms with Crippen molar-refractivity contribution in [2.45, 2.75) is 0 Å². The Bertz CT molecular complexity index is 868. The van der Waals surface area contributed by atoms with Gasteiger partial charge in [-0.15, -0.1) is 0 Å². The van der Waals surface area contributed by atoms with Gasteiger partial charge in [-0.05, 0) is 35.0 Å². The summed E-state index contributed by atoms with van der Waals surface area (Å²) in [5.41, 5.74) is 2.61. The number of benzene rings is 2. The second kappa shape index (κ2) is 4.64. The van der Waals surface area contributed by atoms with Crippen LogP contribution in [0.5, 0.6) is 0 Å². The highest BCUT2D eigenvalue weighted by molar-refractivity contribution is 6.66. The molecular weight excluding hydrogens is 272 g/mol. The normalized spacial score (nSPS) is 11.5. The van der Waals surface area contributed by atoms with E-state index in [2.05, 4.69) is 83.9 Å². The minimum atomic E-state index is 0.667. The first-order valence-electron chi connectivity index (χ1n) is 7.10. The number of hydrogen-bond acceptors (Lipinski definition) is 0. The summed E-state index contributed by atoms with van der Waals surface area (Å²) in [7, 11) is 4.99. The standard InChI is InChI=1S/C18H16N2Si/c1-19-15-9-5-3-7-13(15)11-17(19)21-18-12-14-8-4-6-10-16(14)20(18)2/h3-12H,1-2H3. The highest BCUT2D eigenvalue weighted by atomic mass is 28.2. The molecule has 0 atom stereocenters. The van der Waals surface area contributed by atoms with E-state index in [0.29, 0.717) is 9.52 Å². The lowest BCUT2D eigenvalue weighted by molar-refractivity contribution is 0.990. The Morgan fingerprint density at radius 1 is 0.667 bits per heavy atom. The first-order chi connectivity index (χ1) is 10.2. The molecule has 4 rings (SSSR count). The van der Waals surface area contributed by atoms with Crippen LogP contribution in [0, 0.1) is 0 Å². The van der Waals surface area contributed by atoms with Crippen LogP contribution in [0.3, 0.4) is 0 Å². The van der Waals surface area contributed by atoms with Gasteiger partial charge in [0, 0.05) is 35.8 Å². The number of aromatic nitrogens is 2. The van der Waals surface area contributed by atoms with Gasteiger partial charge in [0.05, 0.1) is 0 Å². The monoisotopic (exact) mass is 288 g/mol. The number of nitrogens with zero attached hydrogens (tertiary/aromatic N) is 2. The van der Waals surface area contributed by atoms with Gasteiger partial charge in [0.2, 0.25) is 0 Å². The summed E-state index contributed by atoms with van der Waals surface area (Å²) < 4.78 is 4.62. The zero-order chi connectivity index (χ0) is 14.4. The van der Waals surface area contributed by atoms with Crippen molar-refractivity contribution in [1.29, 1.82) is 0 Å². The number of aryl methyl sites for hydroxylation is 2. The number of para-hydroxylation sites is 2. The second-order valence-electron chi connectivity index (χ2n) is 5.42. The van der Waals surface area contributed by atoms with Gasteiger partial charge in [-0.2, -0.15) is 0 Å². The molecule has 0 unspecified atom stereocenters. The fourth-order valence-electron chi connectivity index (χ4n) is 2.95. The van der Waals surface area contributed by atoms with E-state index < -0.39 is 0 Å². The molecule has 21 heavy (non-hydrogen) atoms. The van der Waals surface area contributed by atoms with E-state index in [0.717, 1.165) is 0 Å². The maximum Gasteiger partial charge on any atom is 0.168 e. The molecule has 0 spiro atoms. The topological polar surface area (TPSA) is 9.86 Å². The third kappa shape index (κ3) is 1.93. The number of rotatable bonds is 2. The van der Waals surface area contributed by atoms with Crippen molar-refractivity contribution in [2.24, 2.45) is 14.1 Å². The molecule has 102 valence electrons. The second-order valence-corrected chi connectivity index (χ2v) is 6.69. The number of hydrogen-bond donors (Lipinski definition) is 0. The van der Waals surface area contributed by atoms with E-state index in [4.69, 9.17) is 0 Å². The Kier molecular flexibility index (Phi) is 2.75. The van der Waals surface area contributed by atoms with Crippen LogP contribution < -0.4 is 10.6 Å². The molecule has 4 aromatic rings. The van der Waals surface area contributed by atoms with E-state index in [1.54, 1.807) is 0 Å². The zero-order valence-corrected chi connectivity index (χ0v) is 13.2. The quantitative estimate of drug-likeness (QED) is 0.501. The molecule has 0 aliphatic carbocycles. The van der Waals surface area contributed by atoms with Crippen LogP contribution in [-0.4, -0.2) is 18.7 Å². The first-order valence-corrected chi connectivity index (χ1v) is 8.10. The van der Waals surface area contributed by atoms with Crippen LogP contribution in [0.1, 0.15) is 0 Å². The largest absolute Gasteiger partial charge is 0.352 e. The average molecular weight is 288 g/mol. The summed E-state index contributed by atoms with van der Waals surface area (Å²) in [6, 6.07) is 21.8. The Morgan fingerprint density at radius 2 is 1.10 bits per heavy atom. The Hall–Kier alpha value is -2.26. The van der Waals surface area contributed by atoms with Crippen LogP contribution >= 0.6 is 0 Å². The highest BCUT2D eigenvalue weighted by Crippen LogP contribution is 2.14. The lowest BCUT2D eigenvalue weighted by Crippen LogP contribution is -2.35. The molecule has 2 nitrogen and oxygen atoms in total. The van der Waals surface area contributed by atoms with Crippen molar-refractivity contribution in [1.82, 2.24) is 9.13 Å². The molecule has 2 radical (unpaired) electrons. The molecule has 2 heterocycles. The van der Waals surface area contributed by atoms with E-state index in [-0.39, 0.29) is 0 Å². The summed E-state index contributed by atoms with van der Waals surface area (Å²) in [4.78, 5) is 0. The van der Waals surface area contributed by atoms with Crippen LogP contribution in [-0.2, 0) is 14.1 Å². The van der Waals surface area contributed by atoms with Crippen LogP contribution in [0.15, 0.2) is 60.7 Å².